The lowest BCUT2D eigenvalue weighted by Crippen LogP contribution is -1.97. The predicted molar refractivity (Wildman–Crippen MR) is 46.9 cm³/mol. The van der Waals surface area contributed by atoms with Crippen LogP contribution in [0.3, 0.4) is 0 Å². The Balaban J connectivity index is 2.93. The molecule has 0 radical (unpaired) electrons. The van der Waals surface area contributed by atoms with Crippen molar-refractivity contribution >= 4 is 15.9 Å². The minimum absolute atomic E-state index is 0.451. The summed E-state index contributed by atoms with van der Waals surface area (Å²) in [5, 5.41) is 9.96. The first-order valence-corrected chi connectivity index (χ1v) is 4.58. The number of rotatable bonds is 2. The van der Waals surface area contributed by atoms with Crippen molar-refractivity contribution in [2.24, 2.45) is 0 Å². The van der Waals surface area contributed by atoms with Crippen LogP contribution in [0.15, 0.2) is 10.5 Å². The lowest BCUT2D eigenvalue weighted by Gasteiger charge is -2.02. The van der Waals surface area contributed by atoms with Gasteiger partial charge in [0.15, 0.2) is 0 Å². The first kappa shape index (κ1) is 8.81. The van der Waals surface area contributed by atoms with Crippen molar-refractivity contribution in [1.29, 1.82) is 0 Å². The van der Waals surface area contributed by atoms with Crippen LogP contribution in [0.5, 0.6) is 0 Å². The third-order valence-electron chi connectivity index (χ3n) is 1.58. The second-order valence-electron chi connectivity index (χ2n) is 2.54. The van der Waals surface area contributed by atoms with Gasteiger partial charge in [-0.1, -0.05) is 15.9 Å². The van der Waals surface area contributed by atoms with Crippen molar-refractivity contribution in [3.05, 3.63) is 23.2 Å². The number of aliphatic hydroxyl groups is 1. The Morgan fingerprint density at radius 3 is 2.64 bits per heavy atom. The van der Waals surface area contributed by atoms with E-state index in [4.69, 9.17) is 4.42 Å². The van der Waals surface area contributed by atoms with Crippen LogP contribution in [0.1, 0.15) is 23.2 Å². The topological polar surface area (TPSA) is 33.4 Å². The smallest absolute Gasteiger partial charge is 0.106 e. The molecule has 0 saturated heterocycles. The van der Waals surface area contributed by atoms with E-state index in [0.29, 0.717) is 5.33 Å². The highest BCUT2D eigenvalue weighted by Crippen LogP contribution is 2.22. The Kier molecular flexibility index (Phi) is 2.73. The minimum atomic E-state index is -0.451. The van der Waals surface area contributed by atoms with Crippen LogP contribution in [0.4, 0.5) is 0 Å². The molecule has 0 bridgehead atoms. The Morgan fingerprint density at radius 1 is 1.64 bits per heavy atom. The quantitative estimate of drug-likeness (QED) is 0.774. The molecule has 3 heteroatoms. The fourth-order valence-corrected chi connectivity index (χ4v) is 1.41. The highest BCUT2D eigenvalue weighted by atomic mass is 79.9. The van der Waals surface area contributed by atoms with E-state index < -0.39 is 6.10 Å². The first-order chi connectivity index (χ1) is 5.15. The fourth-order valence-electron chi connectivity index (χ4n) is 1.06. The Morgan fingerprint density at radius 2 is 2.27 bits per heavy atom. The van der Waals surface area contributed by atoms with E-state index in [0.717, 1.165) is 17.1 Å². The molecule has 0 spiro atoms. The van der Waals surface area contributed by atoms with Gasteiger partial charge in [0.2, 0.25) is 0 Å². The van der Waals surface area contributed by atoms with E-state index in [9.17, 15) is 5.11 Å². The summed E-state index contributed by atoms with van der Waals surface area (Å²) in [7, 11) is 0. The fraction of sp³-hybridized carbons (Fsp3) is 0.500. The number of furan rings is 1. The predicted octanol–water partition coefficient (Wildman–Crippen LogP) is 2.32. The van der Waals surface area contributed by atoms with Crippen molar-refractivity contribution in [3.8, 4) is 0 Å². The Hall–Kier alpha value is -0.280. The summed E-state index contributed by atoms with van der Waals surface area (Å²) in [6.07, 6.45) is -0.451. The minimum Gasteiger partial charge on any atom is -0.466 e. The molecule has 11 heavy (non-hydrogen) atoms. The molecule has 1 heterocycles. The van der Waals surface area contributed by atoms with Crippen molar-refractivity contribution < 1.29 is 9.52 Å². The standard InChI is InChI=1S/C8H11BrO2/c1-5-3-7(6(2)11-5)8(10)4-9/h3,8,10H,4H2,1-2H3. The van der Waals surface area contributed by atoms with Gasteiger partial charge in [0.25, 0.3) is 0 Å². The van der Waals surface area contributed by atoms with Gasteiger partial charge in [0, 0.05) is 10.9 Å². The lowest BCUT2D eigenvalue weighted by atomic mass is 10.1. The third-order valence-corrected chi connectivity index (χ3v) is 2.20. The van der Waals surface area contributed by atoms with Crippen LogP contribution in [-0.2, 0) is 0 Å². The molecule has 1 N–H and O–H groups in total. The SMILES string of the molecule is Cc1cc(C(O)CBr)c(C)o1. The maximum Gasteiger partial charge on any atom is 0.106 e. The molecular formula is C8H11BrO2. The highest BCUT2D eigenvalue weighted by molar-refractivity contribution is 9.09. The van der Waals surface area contributed by atoms with Gasteiger partial charge in [0.1, 0.15) is 11.5 Å². The number of alkyl halides is 1. The van der Waals surface area contributed by atoms with E-state index in [2.05, 4.69) is 15.9 Å². The second-order valence-corrected chi connectivity index (χ2v) is 3.19. The molecule has 2 nitrogen and oxygen atoms in total. The van der Waals surface area contributed by atoms with Crippen molar-refractivity contribution in [1.82, 2.24) is 0 Å². The number of halogens is 1. The van der Waals surface area contributed by atoms with Gasteiger partial charge in [0.05, 0.1) is 6.10 Å². The van der Waals surface area contributed by atoms with Crippen molar-refractivity contribution in [3.63, 3.8) is 0 Å². The van der Waals surface area contributed by atoms with Gasteiger partial charge in [-0.05, 0) is 19.9 Å². The summed E-state index contributed by atoms with van der Waals surface area (Å²) in [5.41, 5.74) is 0.874. The van der Waals surface area contributed by atoms with Crippen LogP contribution < -0.4 is 0 Å². The zero-order valence-electron chi connectivity index (χ0n) is 6.60. The molecule has 1 aromatic heterocycles. The molecule has 0 aliphatic heterocycles. The summed E-state index contributed by atoms with van der Waals surface area (Å²) in [6.45, 7) is 3.73. The summed E-state index contributed by atoms with van der Waals surface area (Å²) >= 11 is 3.20. The largest absolute Gasteiger partial charge is 0.466 e. The highest BCUT2D eigenvalue weighted by Gasteiger charge is 2.12. The normalized spacial score (nSPS) is 13.5. The monoisotopic (exact) mass is 218 g/mol. The third kappa shape index (κ3) is 1.84. The first-order valence-electron chi connectivity index (χ1n) is 3.46. The number of aryl methyl sites for hydroxylation is 2. The van der Waals surface area contributed by atoms with Gasteiger partial charge in [-0.15, -0.1) is 0 Å². The number of hydrogen-bond acceptors (Lipinski definition) is 2. The van der Waals surface area contributed by atoms with E-state index in [-0.39, 0.29) is 0 Å². The summed E-state index contributed by atoms with van der Waals surface area (Å²) in [4.78, 5) is 0. The van der Waals surface area contributed by atoms with Crippen molar-refractivity contribution in [2.45, 2.75) is 20.0 Å². The van der Waals surface area contributed by atoms with Crippen LogP contribution in [0.2, 0.25) is 0 Å². The van der Waals surface area contributed by atoms with E-state index in [1.807, 2.05) is 19.9 Å². The molecule has 1 unspecified atom stereocenters. The number of hydrogen-bond donors (Lipinski definition) is 1. The molecule has 0 saturated carbocycles. The molecule has 0 fully saturated rings. The molecule has 1 rings (SSSR count). The van der Waals surface area contributed by atoms with Gasteiger partial charge >= 0.3 is 0 Å². The van der Waals surface area contributed by atoms with Crippen LogP contribution in [0.25, 0.3) is 0 Å². The molecular weight excluding hydrogens is 208 g/mol. The van der Waals surface area contributed by atoms with E-state index in [1.165, 1.54) is 0 Å². The zero-order valence-corrected chi connectivity index (χ0v) is 8.18. The molecule has 1 aromatic rings. The molecule has 0 aliphatic carbocycles. The summed E-state index contributed by atoms with van der Waals surface area (Å²) in [6, 6.07) is 1.86. The van der Waals surface area contributed by atoms with Gasteiger partial charge in [-0.25, -0.2) is 0 Å². The van der Waals surface area contributed by atoms with Crippen molar-refractivity contribution in [2.75, 3.05) is 5.33 Å². The van der Waals surface area contributed by atoms with Gasteiger partial charge in [-0.2, -0.15) is 0 Å². The molecule has 62 valence electrons. The van der Waals surface area contributed by atoms with Crippen LogP contribution >= 0.6 is 15.9 Å². The van der Waals surface area contributed by atoms with Crippen LogP contribution in [-0.4, -0.2) is 10.4 Å². The lowest BCUT2D eigenvalue weighted by molar-refractivity contribution is 0.203. The zero-order chi connectivity index (χ0) is 8.43. The second kappa shape index (κ2) is 3.41. The molecule has 1 atom stereocenters. The van der Waals surface area contributed by atoms with Gasteiger partial charge in [-0.3, -0.25) is 0 Å². The maximum atomic E-state index is 9.42. The van der Waals surface area contributed by atoms with Gasteiger partial charge < -0.3 is 9.52 Å². The van der Waals surface area contributed by atoms with Crippen LogP contribution in [0, 0.1) is 13.8 Å². The molecule has 0 aromatic carbocycles. The molecule has 0 amide bonds. The summed E-state index contributed by atoms with van der Waals surface area (Å²) < 4.78 is 5.26. The Labute approximate surface area is 74.3 Å². The summed E-state index contributed by atoms with van der Waals surface area (Å²) in [5.74, 6) is 1.65. The average Bonchev–Trinajstić information content (AvgIpc) is 2.28. The van der Waals surface area contributed by atoms with E-state index in [1.54, 1.807) is 0 Å². The number of aliphatic hydroxyl groups excluding tert-OH is 1. The Bertz CT molecular complexity index is 242. The molecule has 0 aliphatic rings. The maximum absolute atomic E-state index is 9.42. The van der Waals surface area contributed by atoms with E-state index >= 15 is 0 Å². The average molecular weight is 219 g/mol.